The molecule has 3 aromatic rings. The minimum Gasteiger partial charge on any atom is -0.486 e. The van der Waals surface area contributed by atoms with E-state index < -0.39 is 18.2 Å². The van der Waals surface area contributed by atoms with Crippen LogP contribution in [0.5, 0.6) is 5.75 Å². The fourth-order valence-electron chi connectivity index (χ4n) is 5.60. The van der Waals surface area contributed by atoms with Crippen molar-refractivity contribution in [3.8, 4) is 29.3 Å². The molecule has 3 aliphatic rings. The smallest absolute Gasteiger partial charge is 0.236 e. The number of piperidine rings is 1. The average Bonchev–Trinajstić information content (AvgIpc) is 3.02. The van der Waals surface area contributed by atoms with Crippen LogP contribution in [0, 0.1) is 22.7 Å². The van der Waals surface area contributed by atoms with E-state index in [1.165, 1.54) is 16.9 Å². The zero-order valence-electron chi connectivity index (χ0n) is 24.1. The van der Waals surface area contributed by atoms with Gasteiger partial charge in [0.15, 0.2) is 12.0 Å². The number of carbonyl (C=O) groups is 1. The number of anilines is 3. The van der Waals surface area contributed by atoms with Gasteiger partial charge in [0, 0.05) is 56.1 Å². The van der Waals surface area contributed by atoms with Gasteiger partial charge in [0.25, 0.3) is 0 Å². The molecule has 2 atom stereocenters. The van der Waals surface area contributed by atoms with Crippen LogP contribution in [0.25, 0.3) is 11.4 Å². The van der Waals surface area contributed by atoms with E-state index in [2.05, 4.69) is 48.3 Å². The van der Waals surface area contributed by atoms with Crippen molar-refractivity contribution in [1.29, 1.82) is 10.5 Å². The summed E-state index contributed by atoms with van der Waals surface area (Å²) in [5, 5.41) is 21.7. The highest BCUT2D eigenvalue weighted by Gasteiger charge is 2.33. The van der Waals surface area contributed by atoms with Crippen LogP contribution in [-0.2, 0) is 9.53 Å². The highest BCUT2D eigenvalue weighted by molar-refractivity contribution is 5.78. The number of carbonyl (C=O) groups excluding carboxylic acids is 1. The first-order valence-electron chi connectivity index (χ1n) is 14.6. The lowest BCUT2D eigenvalue weighted by Crippen LogP contribution is -2.56. The van der Waals surface area contributed by atoms with Crippen molar-refractivity contribution in [3.05, 3.63) is 54.4 Å². The third-order valence-corrected chi connectivity index (χ3v) is 8.21. The zero-order chi connectivity index (χ0) is 30.5. The molecule has 0 saturated carbocycles. The Labute approximate surface area is 254 Å². The second-order valence-corrected chi connectivity index (χ2v) is 11.0. The maximum absolute atomic E-state index is 14.8. The highest BCUT2D eigenvalue weighted by atomic mass is 19.1. The number of ether oxygens (including phenoxy) is 2. The summed E-state index contributed by atoms with van der Waals surface area (Å²) in [6.07, 6.45) is -0.890. The van der Waals surface area contributed by atoms with Gasteiger partial charge in [-0.3, -0.25) is 9.69 Å². The third-order valence-electron chi connectivity index (χ3n) is 8.21. The van der Waals surface area contributed by atoms with Crippen molar-refractivity contribution in [2.75, 3.05) is 62.7 Å². The monoisotopic (exact) mass is 597 g/mol. The number of nitrogens with one attached hydrogen (secondary N) is 1. The van der Waals surface area contributed by atoms with Gasteiger partial charge >= 0.3 is 0 Å². The molecule has 3 fully saturated rings. The molecule has 2 aromatic carbocycles. The first-order chi connectivity index (χ1) is 21.5. The van der Waals surface area contributed by atoms with E-state index >= 15 is 0 Å². The number of aromatic nitrogens is 3. The summed E-state index contributed by atoms with van der Waals surface area (Å²) in [5.41, 5.74) is 2.79. The van der Waals surface area contributed by atoms with Crippen LogP contribution in [0.3, 0.4) is 0 Å². The Balaban J connectivity index is 1.07. The summed E-state index contributed by atoms with van der Waals surface area (Å²) in [5.74, 6) is 0.565. The number of halogens is 1. The number of rotatable bonds is 8. The van der Waals surface area contributed by atoms with Crippen molar-refractivity contribution >= 4 is 23.2 Å². The Hall–Kier alpha value is -4.85. The summed E-state index contributed by atoms with van der Waals surface area (Å²) < 4.78 is 26.0. The van der Waals surface area contributed by atoms with Gasteiger partial charge in [0.05, 0.1) is 37.4 Å². The first kappa shape index (κ1) is 29.2. The van der Waals surface area contributed by atoms with Crippen LogP contribution in [0.2, 0.25) is 0 Å². The van der Waals surface area contributed by atoms with Crippen LogP contribution >= 0.6 is 0 Å². The molecule has 3 saturated heterocycles. The summed E-state index contributed by atoms with van der Waals surface area (Å²) in [7, 11) is 0. The molecule has 13 heteroatoms. The van der Waals surface area contributed by atoms with Gasteiger partial charge in [-0.05, 0) is 42.5 Å². The predicted octanol–water partition coefficient (Wildman–Crippen LogP) is 2.91. The summed E-state index contributed by atoms with van der Waals surface area (Å²) in [6.45, 7) is 5.84. The minimum absolute atomic E-state index is 0.151. The van der Waals surface area contributed by atoms with Gasteiger partial charge in [-0.1, -0.05) is 0 Å². The molecule has 4 heterocycles. The lowest BCUT2D eigenvalue weighted by molar-refractivity contribution is -0.134. The number of amides is 1. The van der Waals surface area contributed by atoms with Crippen molar-refractivity contribution < 1.29 is 18.7 Å². The molecule has 1 N–H and O–H groups in total. The molecule has 1 aromatic heterocycles. The molecule has 6 rings (SSSR count). The van der Waals surface area contributed by atoms with E-state index in [0.717, 1.165) is 45.1 Å². The number of hydrogen-bond donors (Lipinski definition) is 1. The van der Waals surface area contributed by atoms with Crippen LogP contribution in [0.15, 0.2) is 48.8 Å². The third kappa shape index (κ3) is 6.54. The van der Waals surface area contributed by atoms with E-state index in [0.29, 0.717) is 23.4 Å². The zero-order valence-corrected chi connectivity index (χ0v) is 24.1. The lowest BCUT2D eigenvalue weighted by Gasteiger charge is -2.43. The quantitative estimate of drug-likeness (QED) is 0.409. The average molecular weight is 598 g/mol. The normalized spacial score (nSPS) is 20.7. The number of nitrogens with zero attached hydrogens (tertiary/aromatic N) is 8. The van der Waals surface area contributed by atoms with Crippen molar-refractivity contribution in [2.24, 2.45) is 0 Å². The van der Waals surface area contributed by atoms with Crippen molar-refractivity contribution in [1.82, 2.24) is 24.8 Å². The Morgan fingerprint density at radius 2 is 1.86 bits per heavy atom. The van der Waals surface area contributed by atoms with E-state index in [4.69, 9.17) is 14.7 Å². The Morgan fingerprint density at radius 3 is 2.55 bits per heavy atom. The molecule has 44 heavy (non-hydrogen) atoms. The highest BCUT2D eigenvalue weighted by Crippen LogP contribution is 2.29. The van der Waals surface area contributed by atoms with Crippen molar-refractivity contribution in [3.63, 3.8) is 0 Å². The second-order valence-electron chi connectivity index (χ2n) is 11.0. The summed E-state index contributed by atoms with van der Waals surface area (Å²) in [6, 6.07) is 17.5. The molecule has 3 aliphatic heterocycles. The number of nitriles is 2. The molecule has 12 nitrogen and oxygen atoms in total. The Bertz CT molecular complexity index is 1560. The van der Waals surface area contributed by atoms with Crippen LogP contribution in [0.4, 0.5) is 21.7 Å². The maximum atomic E-state index is 14.8. The van der Waals surface area contributed by atoms with Gasteiger partial charge in [-0.2, -0.15) is 15.5 Å². The summed E-state index contributed by atoms with van der Waals surface area (Å²) in [4.78, 5) is 31.2. The number of hydrogen-bond acceptors (Lipinski definition) is 11. The van der Waals surface area contributed by atoms with Gasteiger partial charge < -0.3 is 24.6 Å². The van der Waals surface area contributed by atoms with Crippen LogP contribution < -0.4 is 15.0 Å². The molecule has 226 valence electrons. The lowest BCUT2D eigenvalue weighted by atomic mass is 10.0. The Morgan fingerprint density at radius 1 is 1.07 bits per heavy atom. The van der Waals surface area contributed by atoms with E-state index in [9.17, 15) is 14.4 Å². The fourth-order valence-corrected chi connectivity index (χ4v) is 5.60. The summed E-state index contributed by atoms with van der Waals surface area (Å²) >= 11 is 0. The van der Waals surface area contributed by atoms with Gasteiger partial charge in [-0.15, -0.1) is 0 Å². The predicted molar refractivity (Wildman–Crippen MR) is 159 cm³/mol. The molecular weight excluding hydrogens is 565 g/mol. The van der Waals surface area contributed by atoms with Gasteiger partial charge in [-0.25, -0.2) is 14.4 Å². The molecule has 0 unspecified atom stereocenters. The molecule has 0 bridgehead atoms. The fraction of sp³-hybridized carbons (Fsp3) is 0.419. The number of benzene rings is 2. The first-order valence-corrected chi connectivity index (χ1v) is 14.6. The van der Waals surface area contributed by atoms with Crippen LogP contribution in [-0.4, -0.2) is 101 Å². The minimum atomic E-state index is -1.44. The molecule has 0 spiro atoms. The molecule has 0 aliphatic carbocycles. The SMILES string of the molecule is N#CCC(=O)N1CC[C@H](Oc2ccc(-c3ncnc(Nc4ccc(N5CCN(C6COC6)CC5)cc4)n3)cc2C#N)[C@H](F)C1. The number of piperazine rings is 1. The number of alkyl halides is 1. The molecule has 0 radical (unpaired) electrons. The maximum Gasteiger partial charge on any atom is 0.236 e. The second kappa shape index (κ2) is 13.2. The number of likely N-dealkylation sites (tertiary alicyclic amines) is 1. The Kier molecular flexibility index (Phi) is 8.77. The van der Waals surface area contributed by atoms with E-state index in [-0.39, 0.29) is 37.2 Å². The largest absolute Gasteiger partial charge is 0.486 e. The topological polar surface area (TPSA) is 144 Å². The van der Waals surface area contributed by atoms with Gasteiger partial charge in [0.1, 0.15) is 30.7 Å². The van der Waals surface area contributed by atoms with Gasteiger partial charge in [0.2, 0.25) is 11.9 Å². The standard InChI is InChI=1S/C31H32FN9O3/c32-26-17-41(29(42)7-9-33)10-8-28(26)44-27-6-1-21(15-22(27)16-34)30-35-20-36-31(38-30)37-23-2-4-24(5-3-23)39-11-13-40(14-12-39)25-18-43-19-25/h1-6,15,20,25-26,28H,7-8,10-14,17-19H2,(H,35,36,37,38)/t26-,28+/m1/s1. The molecular formula is C31H32FN9O3. The van der Waals surface area contributed by atoms with E-state index in [1.54, 1.807) is 24.3 Å². The molecule has 1 amide bonds. The van der Waals surface area contributed by atoms with E-state index in [1.807, 2.05) is 12.1 Å². The van der Waals surface area contributed by atoms with Crippen LogP contribution in [0.1, 0.15) is 18.4 Å². The van der Waals surface area contributed by atoms with Crippen molar-refractivity contribution in [2.45, 2.75) is 31.2 Å².